The van der Waals surface area contributed by atoms with Crippen molar-refractivity contribution in [2.24, 2.45) is 0 Å². The van der Waals surface area contributed by atoms with Crippen molar-refractivity contribution in [3.63, 3.8) is 0 Å². The zero-order valence-electron chi connectivity index (χ0n) is 7.06. The topological polar surface area (TPSA) is 20.2 Å². The minimum Gasteiger partial charge on any atom is -0.396 e. The summed E-state index contributed by atoms with van der Waals surface area (Å²) in [7, 11) is 0. The van der Waals surface area contributed by atoms with E-state index in [2.05, 4.69) is 29.6 Å². The van der Waals surface area contributed by atoms with Gasteiger partial charge in [0.25, 0.3) is 0 Å². The van der Waals surface area contributed by atoms with Gasteiger partial charge in [0.2, 0.25) is 0 Å². The lowest BCUT2D eigenvalue weighted by Gasteiger charge is -1.80. The van der Waals surface area contributed by atoms with E-state index in [4.69, 9.17) is 11.5 Å². The third-order valence-corrected chi connectivity index (χ3v) is 1.09. The Morgan fingerprint density at radius 2 is 1.67 bits per heavy atom. The van der Waals surface area contributed by atoms with E-state index in [0.717, 1.165) is 6.42 Å². The minimum atomic E-state index is 0.194. The maximum absolute atomic E-state index is 8.41. The van der Waals surface area contributed by atoms with Gasteiger partial charge < -0.3 is 5.11 Å². The first kappa shape index (κ1) is 10.6. The van der Waals surface area contributed by atoms with Gasteiger partial charge >= 0.3 is 0 Å². The Balaban J connectivity index is 3.40. The fourth-order valence-corrected chi connectivity index (χ4v) is 0.516. The molecule has 0 saturated heterocycles. The molecular formula is C11H12O. The first-order valence-corrected chi connectivity index (χ1v) is 3.92. The SMILES string of the molecule is C#CCCC#CC#CCCCO. The molecule has 0 aromatic heterocycles. The Morgan fingerprint density at radius 3 is 2.25 bits per heavy atom. The summed E-state index contributed by atoms with van der Waals surface area (Å²) < 4.78 is 0. The van der Waals surface area contributed by atoms with Crippen LogP contribution in [0, 0.1) is 36.0 Å². The molecule has 0 unspecified atom stereocenters. The van der Waals surface area contributed by atoms with Gasteiger partial charge in [-0.25, -0.2) is 0 Å². The van der Waals surface area contributed by atoms with Crippen molar-refractivity contribution in [3.05, 3.63) is 0 Å². The van der Waals surface area contributed by atoms with Crippen LogP contribution in [0.25, 0.3) is 0 Å². The minimum absolute atomic E-state index is 0.194. The van der Waals surface area contributed by atoms with Crippen LogP contribution in [0.15, 0.2) is 0 Å². The van der Waals surface area contributed by atoms with Crippen LogP contribution in [-0.4, -0.2) is 11.7 Å². The Kier molecular flexibility index (Phi) is 8.55. The Bertz CT molecular complexity index is 249. The number of hydrogen-bond donors (Lipinski definition) is 1. The van der Waals surface area contributed by atoms with E-state index in [1.807, 2.05) is 0 Å². The summed E-state index contributed by atoms with van der Waals surface area (Å²) in [6.45, 7) is 0.194. The second-order valence-corrected chi connectivity index (χ2v) is 2.13. The predicted molar refractivity (Wildman–Crippen MR) is 49.9 cm³/mol. The highest BCUT2D eigenvalue weighted by Gasteiger charge is 1.75. The molecule has 0 aromatic rings. The van der Waals surface area contributed by atoms with Gasteiger partial charge in [-0.3, -0.25) is 0 Å². The summed E-state index contributed by atoms with van der Waals surface area (Å²) in [4.78, 5) is 0. The van der Waals surface area contributed by atoms with Crippen molar-refractivity contribution in [3.8, 4) is 36.0 Å². The second-order valence-electron chi connectivity index (χ2n) is 2.13. The summed E-state index contributed by atoms with van der Waals surface area (Å²) in [6, 6.07) is 0. The molecule has 1 heteroatoms. The zero-order valence-corrected chi connectivity index (χ0v) is 7.06. The average molecular weight is 160 g/mol. The molecule has 1 N–H and O–H groups in total. The smallest absolute Gasteiger partial charge is 0.0440 e. The van der Waals surface area contributed by atoms with Gasteiger partial charge in [0.1, 0.15) is 0 Å². The molecule has 0 amide bonds. The molecule has 1 nitrogen and oxygen atoms in total. The predicted octanol–water partition coefficient (Wildman–Crippen LogP) is 1.18. The van der Waals surface area contributed by atoms with Crippen LogP contribution < -0.4 is 0 Å². The molecule has 0 aromatic carbocycles. The van der Waals surface area contributed by atoms with Gasteiger partial charge in [0.15, 0.2) is 0 Å². The largest absolute Gasteiger partial charge is 0.396 e. The fraction of sp³-hybridized carbons (Fsp3) is 0.455. The quantitative estimate of drug-likeness (QED) is 0.485. The maximum Gasteiger partial charge on any atom is 0.0440 e. The molecule has 0 atom stereocenters. The summed E-state index contributed by atoms with van der Waals surface area (Å²) in [5, 5.41) is 8.41. The third-order valence-electron chi connectivity index (χ3n) is 1.09. The van der Waals surface area contributed by atoms with Gasteiger partial charge in [-0.15, -0.1) is 12.3 Å². The van der Waals surface area contributed by atoms with E-state index in [0.29, 0.717) is 19.3 Å². The number of rotatable bonds is 3. The Morgan fingerprint density at radius 1 is 1.00 bits per heavy atom. The van der Waals surface area contributed by atoms with Gasteiger partial charge in [-0.2, -0.15) is 0 Å². The molecule has 0 spiro atoms. The Labute approximate surface area is 74.2 Å². The first-order chi connectivity index (χ1) is 5.91. The highest BCUT2D eigenvalue weighted by Crippen LogP contribution is 1.82. The molecule has 0 saturated carbocycles. The summed E-state index contributed by atoms with van der Waals surface area (Å²) >= 11 is 0. The molecule has 0 radical (unpaired) electrons. The lowest BCUT2D eigenvalue weighted by molar-refractivity contribution is 0.290. The van der Waals surface area contributed by atoms with E-state index in [1.54, 1.807) is 0 Å². The number of unbranched alkanes of at least 4 members (excludes halogenated alkanes) is 2. The lowest BCUT2D eigenvalue weighted by atomic mass is 10.3. The van der Waals surface area contributed by atoms with Crippen molar-refractivity contribution in [2.45, 2.75) is 25.7 Å². The second kappa shape index (κ2) is 9.64. The highest BCUT2D eigenvalue weighted by molar-refractivity contribution is 5.25. The molecule has 12 heavy (non-hydrogen) atoms. The van der Waals surface area contributed by atoms with Crippen LogP contribution in [0.4, 0.5) is 0 Å². The van der Waals surface area contributed by atoms with Crippen molar-refractivity contribution in [2.75, 3.05) is 6.61 Å². The normalized spacial score (nSPS) is 7.00. The number of terminal acetylenes is 1. The summed E-state index contributed by atoms with van der Waals surface area (Å²) in [5.74, 6) is 13.5. The lowest BCUT2D eigenvalue weighted by Crippen LogP contribution is -1.77. The van der Waals surface area contributed by atoms with Crippen molar-refractivity contribution < 1.29 is 5.11 Å². The molecule has 0 heterocycles. The summed E-state index contributed by atoms with van der Waals surface area (Å²) in [6.07, 6.45) is 7.86. The van der Waals surface area contributed by atoms with E-state index < -0.39 is 0 Å². The molecule has 62 valence electrons. The number of aliphatic hydroxyl groups is 1. The number of aliphatic hydroxyl groups excluding tert-OH is 1. The van der Waals surface area contributed by atoms with Crippen LogP contribution in [-0.2, 0) is 0 Å². The van der Waals surface area contributed by atoms with Crippen LogP contribution in [0.1, 0.15) is 25.7 Å². The van der Waals surface area contributed by atoms with Crippen molar-refractivity contribution in [1.82, 2.24) is 0 Å². The number of hydrogen-bond acceptors (Lipinski definition) is 1. The van der Waals surface area contributed by atoms with Crippen LogP contribution in [0.2, 0.25) is 0 Å². The highest BCUT2D eigenvalue weighted by atomic mass is 16.2. The van der Waals surface area contributed by atoms with Gasteiger partial charge in [-0.05, 0) is 18.3 Å². The van der Waals surface area contributed by atoms with Crippen molar-refractivity contribution >= 4 is 0 Å². The summed E-state index contributed by atoms with van der Waals surface area (Å²) in [5.41, 5.74) is 0. The van der Waals surface area contributed by atoms with Gasteiger partial charge in [-0.1, -0.05) is 11.8 Å². The molecular weight excluding hydrogens is 148 g/mol. The molecule has 0 aliphatic rings. The van der Waals surface area contributed by atoms with Gasteiger partial charge in [0, 0.05) is 25.9 Å². The monoisotopic (exact) mass is 160 g/mol. The van der Waals surface area contributed by atoms with Crippen LogP contribution >= 0.6 is 0 Å². The van der Waals surface area contributed by atoms with Crippen LogP contribution in [0.5, 0.6) is 0 Å². The molecule has 0 bridgehead atoms. The third kappa shape index (κ3) is 8.64. The molecule has 0 aliphatic carbocycles. The maximum atomic E-state index is 8.41. The van der Waals surface area contributed by atoms with Gasteiger partial charge in [0.05, 0.1) is 0 Å². The Hall–Kier alpha value is -1.36. The molecule has 0 aliphatic heterocycles. The van der Waals surface area contributed by atoms with Crippen molar-refractivity contribution in [1.29, 1.82) is 0 Å². The molecule has 0 rings (SSSR count). The van der Waals surface area contributed by atoms with E-state index in [1.165, 1.54) is 0 Å². The van der Waals surface area contributed by atoms with E-state index >= 15 is 0 Å². The molecule has 0 fully saturated rings. The average Bonchev–Trinajstić information content (AvgIpc) is 2.10. The van der Waals surface area contributed by atoms with E-state index in [9.17, 15) is 0 Å². The fourth-order valence-electron chi connectivity index (χ4n) is 0.516. The van der Waals surface area contributed by atoms with Crippen LogP contribution in [0.3, 0.4) is 0 Å². The zero-order chi connectivity index (χ0) is 9.07. The standard InChI is InChI=1S/C11H12O/c1-2-3-4-5-6-7-8-9-10-11-12/h1,12H,3-4,9-11H2. The van der Waals surface area contributed by atoms with E-state index in [-0.39, 0.29) is 6.61 Å². The first-order valence-electron chi connectivity index (χ1n) is 3.92.